The summed E-state index contributed by atoms with van der Waals surface area (Å²) in [6, 6.07) is 0. The molecule has 0 radical (unpaired) electrons. The Morgan fingerprint density at radius 3 is 1.94 bits per heavy atom. The fourth-order valence-electron chi connectivity index (χ4n) is 1.60. The fourth-order valence-corrected chi connectivity index (χ4v) is 2.83. The first-order valence-electron chi connectivity index (χ1n) is 6.71. The molecular weight excluding hydrogens is 259 g/mol. The average molecular weight is 285 g/mol. The topological polar surface area (TPSA) is 35.5 Å². The van der Waals surface area contributed by atoms with Crippen molar-refractivity contribution in [3.8, 4) is 0 Å². The molecule has 3 nitrogen and oxygen atoms in total. The lowest BCUT2D eigenvalue weighted by molar-refractivity contribution is 0.222. The van der Waals surface area contributed by atoms with Gasteiger partial charge in [0.15, 0.2) is 0 Å². The molecule has 0 heterocycles. The molecule has 0 saturated carbocycles. The van der Waals surface area contributed by atoms with Gasteiger partial charge in [-0.05, 0) is 13.3 Å². The fraction of sp³-hybridized carbons (Fsp3) is 1.00. The number of unbranched alkanes of at least 4 members (excludes halogenated alkanes) is 7. The van der Waals surface area contributed by atoms with Gasteiger partial charge < -0.3 is 0 Å². The van der Waals surface area contributed by atoms with Gasteiger partial charge >= 0.3 is 6.95 Å². The van der Waals surface area contributed by atoms with Crippen LogP contribution in [0.15, 0.2) is 0 Å². The van der Waals surface area contributed by atoms with Crippen molar-refractivity contribution < 1.29 is 13.6 Å². The highest BCUT2D eigenvalue weighted by Gasteiger charge is 2.18. The molecule has 0 saturated heterocycles. The van der Waals surface area contributed by atoms with Crippen LogP contribution in [0.5, 0.6) is 0 Å². The number of hydrogen-bond donors (Lipinski definition) is 0. The van der Waals surface area contributed by atoms with Crippen LogP contribution in [0, 0.1) is 0 Å². The summed E-state index contributed by atoms with van der Waals surface area (Å²) >= 11 is 5.54. The van der Waals surface area contributed by atoms with Gasteiger partial charge in [-0.25, -0.2) is 4.57 Å². The zero-order valence-corrected chi connectivity index (χ0v) is 12.8. The molecule has 1 atom stereocenters. The van der Waals surface area contributed by atoms with Gasteiger partial charge in [0.2, 0.25) is 0 Å². The van der Waals surface area contributed by atoms with Gasteiger partial charge in [-0.1, -0.05) is 51.9 Å². The minimum absolute atomic E-state index is 0.318. The van der Waals surface area contributed by atoms with Crippen LogP contribution in [0.2, 0.25) is 0 Å². The summed E-state index contributed by atoms with van der Waals surface area (Å²) in [5.74, 6) is 0. The van der Waals surface area contributed by atoms with Crippen LogP contribution in [-0.4, -0.2) is 13.2 Å². The molecule has 0 rings (SSSR count). The largest absolute Gasteiger partial charge is 0.424 e. The number of hydrogen-bond acceptors (Lipinski definition) is 3. The van der Waals surface area contributed by atoms with E-state index in [2.05, 4.69) is 6.92 Å². The van der Waals surface area contributed by atoms with Gasteiger partial charge in [-0.2, -0.15) is 0 Å². The van der Waals surface area contributed by atoms with Crippen molar-refractivity contribution in [2.45, 2.75) is 65.2 Å². The van der Waals surface area contributed by atoms with Gasteiger partial charge in [-0.3, -0.25) is 9.05 Å². The molecule has 104 valence electrons. The van der Waals surface area contributed by atoms with Crippen LogP contribution in [0.1, 0.15) is 65.2 Å². The molecule has 0 bridgehead atoms. The molecule has 0 amide bonds. The third-order valence-electron chi connectivity index (χ3n) is 2.53. The van der Waals surface area contributed by atoms with Crippen molar-refractivity contribution >= 4 is 18.2 Å². The molecule has 0 aromatic carbocycles. The van der Waals surface area contributed by atoms with Gasteiger partial charge in [0.1, 0.15) is 0 Å². The molecule has 0 N–H and O–H groups in total. The predicted molar refractivity (Wildman–Crippen MR) is 73.6 cm³/mol. The summed E-state index contributed by atoms with van der Waals surface area (Å²) in [7, 11) is 0. The van der Waals surface area contributed by atoms with E-state index >= 15 is 0 Å². The third-order valence-corrected chi connectivity index (χ3v) is 4.17. The minimum Gasteiger partial charge on any atom is -0.297 e. The quantitative estimate of drug-likeness (QED) is 0.349. The molecule has 0 spiro atoms. The summed E-state index contributed by atoms with van der Waals surface area (Å²) < 4.78 is 21.2. The maximum atomic E-state index is 11.3. The second kappa shape index (κ2) is 11.5. The molecule has 0 aliphatic carbocycles. The summed E-state index contributed by atoms with van der Waals surface area (Å²) in [5, 5.41) is 0. The van der Waals surface area contributed by atoms with E-state index in [9.17, 15) is 4.57 Å². The number of halogens is 1. The van der Waals surface area contributed by atoms with Gasteiger partial charge in [-0.15, -0.1) is 0 Å². The third kappa shape index (κ3) is 12.7. The minimum atomic E-state index is -3.29. The van der Waals surface area contributed by atoms with Crippen LogP contribution < -0.4 is 0 Å². The Morgan fingerprint density at radius 1 is 0.882 bits per heavy atom. The molecule has 0 aliphatic heterocycles. The standard InChI is InChI=1S/C12H26ClO3P/c1-3-5-6-7-8-9-10-11-12-16-17(13,14)15-4-2/h3-12H2,1-2H3. The van der Waals surface area contributed by atoms with E-state index < -0.39 is 6.95 Å². The Balaban J connectivity index is 3.21. The summed E-state index contributed by atoms with van der Waals surface area (Å²) in [6.07, 6.45) is 9.80. The first-order valence-corrected chi connectivity index (χ1v) is 9.16. The van der Waals surface area contributed by atoms with E-state index in [-0.39, 0.29) is 0 Å². The summed E-state index contributed by atoms with van der Waals surface area (Å²) in [4.78, 5) is 0. The van der Waals surface area contributed by atoms with Crippen LogP contribution in [-0.2, 0) is 13.6 Å². The van der Waals surface area contributed by atoms with Crippen molar-refractivity contribution in [3.05, 3.63) is 0 Å². The highest BCUT2D eigenvalue weighted by molar-refractivity contribution is 7.81. The molecule has 0 aromatic heterocycles. The summed E-state index contributed by atoms with van der Waals surface area (Å²) in [5.41, 5.74) is 0. The Hall–Kier alpha value is 0.440. The Bertz CT molecular complexity index is 212. The van der Waals surface area contributed by atoms with Crippen LogP contribution in [0.25, 0.3) is 0 Å². The Morgan fingerprint density at radius 2 is 1.41 bits per heavy atom. The monoisotopic (exact) mass is 284 g/mol. The second-order valence-electron chi connectivity index (χ2n) is 4.16. The normalized spacial score (nSPS) is 14.8. The van der Waals surface area contributed by atoms with Crippen molar-refractivity contribution in [1.29, 1.82) is 0 Å². The van der Waals surface area contributed by atoms with E-state index in [1.54, 1.807) is 6.92 Å². The Labute approximate surface area is 111 Å². The van der Waals surface area contributed by atoms with Crippen molar-refractivity contribution in [1.82, 2.24) is 0 Å². The second-order valence-corrected chi connectivity index (χ2v) is 6.78. The van der Waals surface area contributed by atoms with Crippen molar-refractivity contribution in [2.24, 2.45) is 0 Å². The van der Waals surface area contributed by atoms with Gasteiger partial charge in [0.05, 0.1) is 13.2 Å². The number of rotatable bonds is 12. The van der Waals surface area contributed by atoms with E-state index in [0.29, 0.717) is 13.2 Å². The maximum Gasteiger partial charge on any atom is 0.424 e. The molecule has 0 aromatic rings. The molecular formula is C12H26ClO3P. The van der Waals surface area contributed by atoms with Crippen LogP contribution in [0.4, 0.5) is 0 Å². The lowest BCUT2D eigenvalue weighted by Crippen LogP contribution is -1.93. The predicted octanol–water partition coefficient (Wildman–Crippen LogP) is 5.53. The summed E-state index contributed by atoms with van der Waals surface area (Å²) in [6.45, 7) is 1.42. The van der Waals surface area contributed by atoms with Crippen LogP contribution in [0.3, 0.4) is 0 Å². The van der Waals surface area contributed by atoms with E-state index in [1.165, 1.54) is 38.5 Å². The smallest absolute Gasteiger partial charge is 0.297 e. The average Bonchev–Trinajstić information content (AvgIpc) is 2.27. The van der Waals surface area contributed by atoms with E-state index in [1.807, 2.05) is 0 Å². The van der Waals surface area contributed by atoms with Crippen molar-refractivity contribution in [2.75, 3.05) is 13.2 Å². The maximum absolute atomic E-state index is 11.3. The molecule has 5 heteroatoms. The zero-order chi connectivity index (χ0) is 13.0. The first-order chi connectivity index (χ1) is 8.12. The lowest BCUT2D eigenvalue weighted by atomic mass is 10.1. The van der Waals surface area contributed by atoms with E-state index in [4.69, 9.17) is 20.3 Å². The molecule has 17 heavy (non-hydrogen) atoms. The zero-order valence-electron chi connectivity index (χ0n) is 11.1. The highest BCUT2D eigenvalue weighted by atomic mass is 35.7. The van der Waals surface area contributed by atoms with Crippen molar-refractivity contribution in [3.63, 3.8) is 0 Å². The molecule has 0 aliphatic rings. The van der Waals surface area contributed by atoms with E-state index in [0.717, 1.165) is 12.8 Å². The SMILES string of the molecule is CCCCCCCCCCOP(=O)(Cl)OCC. The molecule has 0 fully saturated rings. The lowest BCUT2D eigenvalue weighted by Gasteiger charge is -2.09. The molecule has 1 unspecified atom stereocenters. The van der Waals surface area contributed by atoms with Crippen LogP contribution >= 0.6 is 18.2 Å². The van der Waals surface area contributed by atoms with Gasteiger partial charge in [0.25, 0.3) is 0 Å². The van der Waals surface area contributed by atoms with Gasteiger partial charge in [0, 0.05) is 11.2 Å². The highest BCUT2D eigenvalue weighted by Crippen LogP contribution is 2.53. The Kier molecular flexibility index (Phi) is 11.8. The first kappa shape index (κ1) is 17.4.